The number of nitrogens with zero attached hydrogens (tertiary/aromatic N) is 3. The van der Waals surface area contributed by atoms with Crippen LogP contribution in [0.25, 0.3) is 10.2 Å². The number of amidine groups is 1. The standard InChI is InChI=1S/C17H22N4O2S.C6H8.C2H6/c1-5-11(2)21(4)12(3)20-16-14(10-23)24-17-15(16)13(6-7-19-17)18-8-9-22;1-4-6(3)5-2;1-2/h5-7,10,22H,8-9H2,1-4H3,(H,18,19);1,5-6H,2H2,3H3;1-2H3/b11-5+,20-12?;;. The zero-order valence-electron chi connectivity index (χ0n) is 20.3. The molecule has 6 nitrogen and oxygen atoms in total. The van der Waals surface area contributed by atoms with Crippen LogP contribution < -0.4 is 5.32 Å². The molecule has 2 aromatic heterocycles. The van der Waals surface area contributed by atoms with Gasteiger partial charge in [-0.3, -0.25) is 4.79 Å². The molecule has 2 rings (SSSR count). The number of terminal acetylenes is 1. The molecule has 0 amide bonds. The van der Waals surface area contributed by atoms with E-state index in [0.29, 0.717) is 17.1 Å². The Hall–Kier alpha value is -2.95. The highest BCUT2D eigenvalue weighted by Gasteiger charge is 2.17. The van der Waals surface area contributed by atoms with Crippen LogP contribution in [-0.4, -0.2) is 47.3 Å². The summed E-state index contributed by atoms with van der Waals surface area (Å²) in [6, 6.07) is 1.83. The summed E-state index contributed by atoms with van der Waals surface area (Å²) in [5, 5.41) is 13.0. The fraction of sp³-hybridized carbons (Fsp3) is 0.400. The van der Waals surface area contributed by atoms with Crippen LogP contribution >= 0.6 is 11.3 Å². The summed E-state index contributed by atoms with van der Waals surface area (Å²) in [5.41, 5.74) is 2.50. The molecule has 0 aliphatic carbocycles. The van der Waals surface area contributed by atoms with E-state index in [-0.39, 0.29) is 12.5 Å². The van der Waals surface area contributed by atoms with E-state index < -0.39 is 0 Å². The molecule has 0 saturated carbocycles. The smallest absolute Gasteiger partial charge is 0.162 e. The number of aliphatic imine (C=N–C) groups is 1. The van der Waals surface area contributed by atoms with E-state index >= 15 is 0 Å². The summed E-state index contributed by atoms with van der Waals surface area (Å²) in [6.07, 6.45) is 11.2. The van der Waals surface area contributed by atoms with Gasteiger partial charge in [0.15, 0.2) is 6.29 Å². The second kappa shape index (κ2) is 15.8. The zero-order valence-corrected chi connectivity index (χ0v) is 21.1. The van der Waals surface area contributed by atoms with E-state index in [1.165, 1.54) is 11.3 Å². The van der Waals surface area contributed by atoms with Gasteiger partial charge in [-0.05, 0) is 33.8 Å². The van der Waals surface area contributed by atoms with Crippen molar-refractivity contribution in [1.82, 2.24) is 9.88 Å². The highest BCUT2D eigenvalue weighted by molar-refractivity contribution is 7.21. The molecule has 0 radical (unpaired) electrons. The number of nitrogens with one attached hydrogen (secondary N) is 1. The lowest BCUT2D eigenvalue weighted by atomic mass is 10.2. The van der Waals surface area contributed by atoms with Gasteiger partial charge < -0.3 is 15.3 Å². The Labute approximate surface area is 196 Å². The van der Waals surface area contributed by atoms with Gasteiger partial charge in [0.05, 0.1) is 22.6 Å². The Morgan fingerprint density at radius 3 is 2.59 bits per heavy atom. The summed E-state index contributed by atoms with van der Waals surface area (Å²) in [7, 11) is 1.94. The number of pyridine rings is 1. The molecule has 174 valence electrons. The van der Waals surface area contributed by atoms with Gasteiger partial charge in [-0.2, -0.15) is 0 Å². The molecule has 0 spiro atoms. The Balaban J connectivity index is 0.00000104. The third-order valence-electron chi connectivity index (χ3n) is 4.45. The Bertz CT molecular complexity index is 970. The van der Waals surface area contributed by atoms with Gasteiger partial charge in [0.2, 0.25) is 0 Å². The molecule has 7 heteroatoms. The lowest BCUT2D eigenvalue weighted by Crippen LogP contribution is -2.21. The van der Waals surface area contributed by atoms with Crippen LogP contribution in [0, 0.1) is 18.3 Å². The molecule has 2 heterocycles. The largest absolute Gasteiger partial charge is 0.395 e. The number of fused-ring (bicyclic) bond motifs is 1. The number of allylic oxidation sites excluding steroid dienone is 3. The maximum absolute atomic E-state index is 11.5. The predicted molar refractivity (Wildman–Crippen MR) is 140 cm³/mol. The second-order valence-electron chi connectivity index (χ2n) is 6.46. The van der Waals surface area contributed by atoms with Crippen LogP contribution in [0.1, 0.15) is 51.2 Å². The molecular formula is C25H36N4O2S. The van der Waals surface area contributed by atoms with Crippen LogP contribution in [0.5, 0.6) is 0 Å². The number of anilines is 1. The number of aromatic nitrogens is 1. The van der Waals surface area contributed by atoms with E-state index in [0.717, 1.165) is 33.7 Å². The van der Waals surface area contributed by atoms with Gasteiger partial charge in [0.1, 0.15) is 10.7 Å². The van der Waals surface area contributed by atoms with Crippen LogP contribution in [-0.2, 0) is 0 Å². The minimum absolute atomic E-state index is 0.0232. The summed E-state index contributed by atoms with van der Waals surface area (Å²) >= 11 is 1.32. The molecule has 1 unspecified atom stereocenters. The highest BCUT2D eigenvalue weighted by Crippen LogP contribution is 2.40. The first-order chi connectivity index (χ1) is 15.3. The van der Waals surface area contributed by atoms with Gasteiger partial charge in [-0.15, -0.1) is 24.3 Å². The van der Waals surface area contributed by atoms with E-state index in [1.807, 2.05) is 65.6 Å². The quantitative estimate of drug-likeness (QED) is 0.179. The fourth-order valence-corrected chi connectivity index (χ4v) is 3.23. The average molecular weight is 457 g/mol. The Morgan fingerprint density at radius 1 is 1.47 bits per heavy atom. The SMILES string of the molecule is C#CC(C)C=C.C/C=C(\C)N(C)C(C)=Nc1c(C=O)sc2nccc(NCCO)c12.CC. The molecule has 0 aliphatic rings. The van der Waals surface area contributed by atoms with E-state index in [9.17, 15) is 4.79 Å². The van der Waals surface area contributed by atoms with Crippen molar-refractivity contribution in [3.05, 3.63) is 41.6 Å². The van der Waals surface area contributed by atoms with Gasteiger partial charge in [-0.25, -0.2) is 9.98 Å². The molecule has 2 aromatic rings. The molecule has 0 bridgehead atoms. The molecule has 2 N–H and O–H groups in total. The second-order valence-corrected chi connectivity index (χ2v) is 7.49. The number of aldehydes is 1. The Morgan fingerprint density at radius 2 is 2.12 bits per heavy atom. The number of carbonyl (C=O) groups is 1. The third-order valence-corrected chi connectivity index (χ3v) is 5.46. The van der Waals surface area contributed by atoms with Gasteiger partial charge >= 0.3 is 0 Å². The van der Waals surface area contributed by atoms with Crippen molar-refractivity contribution in [2.45, 2.75) is 41.5 Å². The molecule has 1 atom stereocenters. The number of aliphatic hydroxyl groups excluding tert-OH is 1. The van der Waals surface area contributed by atoms with Crippen molar-refractivity contribution < 1.29 is 9.90 Å². The highest BCUT2D eigenvalue weighted by atomic mass is 32.1. The topological polar surface area (TPSA) is 77.8 Å². The van der Waals surface area contributed by atoms with Crippen LogP contribution in [0.15, 0.2) is 41.7 Å². The number of thiophene rings is 1. The van der Waals surface area contributed by atoms with Crippen molar-refractivity contribution in [2.75, 3.05) is 25.5 Å². The molecule has 0 fully saturated rings. The van der Waals surface area contributed by atoms with Crippen molar-refractivity contribution in [3.8, 4) is 12.3 Å². The van der Waals surface area contributed by atoms with Crippen LogP contribution in [0.4, 0.5) is 11.4 Å². The maximum Gasteiger partial charge on any atom is 0.162 e. The summed E-state index contributed by atoms with van der Waals surface area (Å²) in [4.78, 5) is 23.8. The first kappa shape index (κ1) is 29.1. The number of hydrogen-bond acceptors (Lipinski definition) is 6. The van der Waals surface area contributed by atoms with Crippen LogP contribution in [0.2, 0.25) is 0 Å². The monoisotopic (exact) mass is 456 g/mol. The van der Waals surface area contributed by atoms with Gasteiger partial charge in [0, 0.05) is 37.1 Å². The van der Waals surface area contributed by atoms with Crippen molar-refractivity contribution >= 4 is 45.0 Å². The lowest BCUT2D eigenvalue weighted by molar-refractivity contribution is 0.112. The molecule has 0 aromatic carbocycles. The van der Waals surface area contributed by atoms with Crippen LogP contribution in [0.3, 0.4) is 0 Å². The summed E-state index contributed by atoms with van der Waals surface area (Å²) < 4.78 is 0. The van der Waals surface area contributed by atoms with E-state index in [2.05, 4.69) is 22.8 Å². The molecule has 0 saturated heterocycles. The zero-order chi connectivity index (χ0) is 24.7. The number of aliphatic hydroxyl groups is 1. The lowest BCUT2D eigenvalue weighted by Gasteiger charge is -2.19. The minimum Gasteiger partial charge on any atom is -0.395 e. The fourth-order valence-electron chi connectivity index (χ4n) is 2.31. The van der Waals surface area contributed by atoms with Crippen molar-refractivity contribution in [2.24, 2.45) is 10.9 Å². The van der Waals surface area contributed by atoms with Gasteiger partial charge in [-0.1, -0.05) is 31.9 Å². The number of hydrogen-bond donors (Lipinski definition) is 2. The summed E-state index contributed by atoms with van der Waals surface area (Å²) in [6.45, 7) is 15.7. The Kier molecular flexibility index (Phi) is 14.3. The van der Waals surface area contributed by atoms with Gasteiger partial charge in [0.25, 0.3) is 0 Å². The normalized spacial score (nSPS) is 11.8. The first-order valence-corrected chi connectivity index (χ1v) is 11.4. The number of rotatable bonds is 7. The first-order valence-electron chi connectivity index (χ1n) is 10.6. The summed E-state index contributed by atoms with van der Waals surface area (Å²) in [5.74, 6) is 3.51. The molecule has 0 aliphatic heterocycles. The molecule has 32 heavy (non-hydrogen) atoms. The van der Waals surface area contributed by atoms with E-state index in [4.69, 9.17) is 16.5 Å². The van der Waals surface area contributed by atoms with E-state index in [1.54, 1.807) is 12.3 Å². The number of carbonyl (C=O) groups excluding carboxylic acids is 1. The predicted octanol–water partition coefficient (Wildman–Crippen LogP) is 5.89. The third kappa shape index (κ3) is 8.29. The maximum atomic E-state index is 11.5. The molecular weight excluding hydrogens is 420 g/mol. The minimum atomic E-state index is 0.0232. The average Bonchev–Trinajstić information content (AvgIpc) is 3.20. The van der Waals surface area contributed by atoms with Crippen molar-refractivity contribution in [1.29, 1.82) is 0 Å². The van der Waals surface area contributed by atoms with Crippen molar-refractivity contribution in [3.63, 3.8) is 0 Å².